The summed E-state index contributed by atoms with van der Waals surface area (Å²) in [7, 11) is -3.80. The van der Waals surface area contributed by atoms with Crippen molar-refractivity contribution in [1.29, 1.82) is 0 Å². The molecule has 0 atom stereocenters. The Labute approximate surface area is 205 Å². The first kappa shape index (κ1) is 24.3. The third kappa shape index (κ3) is 5.81. The minimum atomic E-state index is -3.80. The molecule has 0 bridgehead atoms. The van der Waals surface area contributed by atoms with Gasteiger partial charge in [-0.05, 0) is 61.4 Å². The van der Waals surface area contributed by atoms with Gasteiger partial charge in [0.1, 0.15) is 12.3 Å². The summed E-state index contributed by atoms with van der Waals surface area (Å²) in [6, 6.07) is 20.9. The van der Waals surface area contributed by atoms with Gasteiger partial charge in [-0.3, -0.25) is 13.9 Å². The molecule has 0 radical (unpaired) electrons. The first-order chi connectivity index (χ1) is 16.7. The molecule has 182 valence electrons. The molecule has 0 spiro atoms. The lowest BCUT2D eigenvalue weighted by molar-refractivity contribution is -0.117. The highest BCUT2D eigenvalue weighted by Gasteiger charge is 2.25. The van der Waals surface area contributed by atoms with Gasteiger partial charge in [0, 0.05) is 24.3 Å². The van der Waals surface area contributed by atoms with Gasteiger partial charge >= 0.3 is 0 Å². The SMILES string of the molecule is Cc1cc(NC(=O)CN(c2ccccc2Oc2ccccc2)S(C)(=O)=O)ccc1N1CCCC1=O. The summed E-state index contributed by atoms with van der Waals surface area (Å²) in [5.41, 5.74) is 2.44. The van der Waals surface area contributed by atoms with E-state index in [-0.39, 0.29) is 11.6 Å². The molecule has 0 aliphatic carbocycles. The Balaban J connectivity index is 1.53. The van der Waals surface area contributed by atoms with Crippen LogP contribution < -0.4 is 19.3 Å². The highest BCUT2D eigenvalue weighted by molar-refractivity contribution is 7.92. The molecule has 4 rings (SSSR count). The van der Waals surface area contributed by atoms with Gasteiger partial charge < -0.3 is 15.0 Å². The molecule has 1 saturated heterocycles. The number of carbonyl (C=O) groups is 2. The molecule has 0 aromatic heterocycles. The number of benzene rings is 3. The standard InChI is InChI=1S/C26H27N3O5S/c1-19-17-20(14-15-22(19)28-16-8-13-26(28)31)27-25(30)18-29(35(2,32)33)23-11-6-7-12-24(23)34-21-9-4-3-5-10-21/h3-7,9-12,14-15,17H,8,13,16,18H2,1-2H3,(H,27,30). The number of nitrogens with one attached hydrogen (secondary N) is 1. The number of amides is 2. The van der Waals surface area contributed by atoms with E-state index in [0.29, 0.717) is 30.2 Å². The van der Waals surface area contributed by atoms with Gasteiger partial charge in [0.05, 0.1) is 11.9 Å². The Bertz CT molecular complexity index is 1340. The molecular weight excluding hydrogens is 466 g/mol. The number of sulfonamides is 1. The molecule has 1 aliphatic heterocycles. The highest BCUT2D eigenvalue weighted by Crippen LogP contribution is 2.33. The zero-order chi connectivity index (χ0) is 25.0. The van der Waals surface area contributed by atoms with Crippen LogP contribution in [0.2, 0.25) is 0 Å². The summed E-state index contributed by atoms with van der Waals surface area (Å²) in [6.45, 7) is 2.12. The number of anilines is 3. The third-order valence-electron chi connectivity index (χ3n) is 5.64. The number of hydrogen-bond acceptors (Lipinski definition) is 5. The highest BCUT2D eigenvalue weighted by atomic mass is 32.2. The van der Waals surface area contributed by atoms with E-state index in [1.807, 2.05) is 25.1 Å². The average molecular weight is 494 g/mol. The predicted molar refractivity (Wildman–Crippen MR) is 137 cm³/mol. The number of rotatable bonds is 8. The number of ether oxygens (including phenoxy) is 1. The first-order valence-corrected chi connectivity index (χ1v) is 13.1. The summed E-state index contributed by atoms with van der Waals surface area (Å²) in [4.78, 5) is 26.7. The van der Waals surface area contributed by atoms with Crippen LogP contribution in [0.25, 0.3) is 0 Å². The second kappa shape index (κ2) is 10.2. The quantitative estimate of drug-likeness (QED) is 0.504. The Hall–Kier alpha value is -3.85. The van der Waals surface area contributed by atoms with Gasteiger partial charge in [0.25, 0.3) is 0 Å². The number of hydrogen-bond donors (Lipinski definition) is 1. The molecule has 2 amide bonds. The zero-order valence-corrected chi connectivity index (χ0v) is 20.4. The van der Waals surface area contributed by atoms with E-state index in [1.54, 1.807) is 59.5 Å². The van der Waals surface area contributed by atoms with Crippen LogP contribution in [0.4, 0.5) is 17.1 Å². The van der Waals surface area contributed by atoms with Gasteiger partial charge in [-0.25, -0.2) is 8.42 Å². The number of nitrogens with zero attached hydrogens (tertiary/aromatic N) is 2. The van der Waals surface area contributed by atoms with Crippen LogP contribution in [-0.4, -0.2) is 39.6 Å². The Kier molecular flexibility index (Phi) is 7.07. The molecule has 0 unspecified atom stereocenters. The maximum Gasteiger partial charge on any atom is 0.245 e. The average Bonchev–Trinajstić information content (AvgIpc) is 3.24. The lowest BCUT2D eigenvalue weighted by Gasteiger charge is -2.24. The fraction of sp³-hybridized carbons (Fsp3) is 0.231. The maximum atomic E-state index is 12.9. The minimum Gasteiger partial charge on any atom is -0.455 e. The van der Waals surface area contributed by atoms with Crippen molar-refractivity contribution < 1.29 is 22.7 Å². The summed E-state index contributed by atoms with van der Waals surface area (Å²) in [6.07, 6.45) is 2.41. The van der Waals surface area contributed by atoms with Gasteiger partial charge in [0.15, 0.2) is 5.75 Å². The molecule has 35 heavy (non-hydrogen) atoms. The van der Waals surface area contributed by atoms with Crippen LogP contribution in [0.15, 0.2) is 72.8 Å². The van der Waals surface area contributed by atoms with E-state index in [0.717, 1.165) is 28.2 Å². The van der Waals surface area contributed by atoms with Crippen LogP contribution >= 0.6 is 0 Å². The van der Waals surface area contributed by atoms with E-state index >= 15 is 0 Å². The molecule has 1 N–H and O–H groups in total. The van der Waals surface area contributed by atoms with Gasteiger partial charge in [-0.2, -0.15) is 0 Å². The van der Waals surface area contributed by atoms with E-state index in [2.05, 4.69) is 5.32 Å². The largest absolute Gasteiger partial charge is 0.455 e. The fourth-order valence-electron chi connectivity index (χ4n) is 4.02. The molecular formula is C26H27N3O5S. The smallest absolute Gasteiger partial charge is 0.245 e. The summed E-state index contributed by atoms with van der Waals surface area (Å²) >= 11 is 0. The molecule has 9 heteroatoms. The first-order valence-electron chi connectivity index (χ1n) is 11.2. The number of carbonyl (C=O) groups excluding carboxylic acids is 2. The van der Waals surface area contributed by atoms with Crippen LogP contribution in [0.5, 0.6) is 11.5 Å². The second-order valence-electron chi connectivity index (χ2n) is 8.35. The summed E-state index contributed by atoms with van der Waals surface area (Å²) in [5.74, 6) is 0.441. The maximum absolute atomic E-state index is 12.9. The minimum absolute atomic E-state index is 0.0880. The summed E-state index contributed by atoms with van der Waals surface area (Å²) in [5, 5.41) is 2.76. The molecule has 3 aromatic carbocycles. The van der Waals surface area contributed by atoms with Crippen molar-refractivity contribution in [3.05, 3.63) is 78.4 Å². The normalized spacial score (nSPS) is 13.5. The lowest BCUT2D eigenvalue weighted by Crippen LogP contribution is -2.37. The van der Waals surface area contributed by atoms with E-state index in [9.17, 15) is 18.0 Å². The second-order valence-corrected chi connectivity index (χ2v) is 10.3. The zero-order valence-electron chi connectivity index (χ0n) is 19.6. The molecule has 3 aromatic rings. The molecule has 1 aliphatic rings. The topological polar surface area (TPSA) is 96.0 Å². The fourth-order valence-corrected chi connectivity index (χ4v) is 4.88. The number of para-hydroxylation sites is 3. The van der Waals surface area contributed by atoms with E-state index < -0.39 is 22.5 Å². The summed E-state index contributed by atoms with van der Waals surface area (Å²) < 4.78 is 32.2. The lowest BCUT2D eigenvalue weighted by atomic mass is 10.1. The Morgan fingerprint density at radius 1 is 1.06 bits per heavy atom. The molecule has 1 fully saturated rings. The number of aryl methyl sites for hydroxylation is 1. The third-order valence-corrected chi connectivity index (χ3v) is 6.76. The van der Waals surface area contributed by atoms with Crippen molar-refractivity contribution in [2.75, 3.05) is 33.9 Å². The van der Waals surface area contributed by atoms with Crippen LogP contribution in [0, 0.1) is 6.92 Å². The van der Waals surface area contributed by atoms with Crippen molar-refractivity contribution in [1.82, 2.24) is 0 Å². The van der Waals surface area contributed by atoms with Gasteiger partial charge in [-0.1, -0.05) is 30.3 Å². The van der Waals surface area contributed by atoms with Crippen molar-refractivity contribution in [3.63, 3.8) is 0 Å². The van der Waals surface area contributed by atoms with Crippen LogP contribution in [0.3, 0.4) is 0 Å². The van der Waals surface area contributed by atoms with E-state index in [4.69, 9.17) is 4.74 Å². The molecule has 0 saturated carbocycles. The van der Waals surface area contributed by atoms with Gasteiger partial charge in [-0.15, -0.1) is 0 Å². The molecule has 8 nitrogen and oxygen atoms in total. The predicted octanol–water partition coefficient (Wildman–Crippen LogP) is 4.32. The Morgan fingerprint density at radius 3 is 2.43 bits per heavy atom. The van der Waals surface area contributed by atoms with Crippen molar-refractivity contribution in [2.45, 2.75) is 19.8 Å². The monoisotopic (exact) mass is 493 g/mol. The van der Waals surface area contributed by atoms with Crippen LogP contribution in [-0.2, 0) is 19.6 Å². The van der Waals surface area contributed by atoms with Crippen LogP contribution in [0.1, 0.15) is 18.4 Å². The van der Waals surface area contributed by atoms with Crippen molar-refractivity contribution >= 4 is 38.9 Å². The van der Waals surface area contributed by atoms with Gasteiger partial charge in [0.2, 0.25) is 21.8 Å². The Morgan fingerprint density at radius 2 is 1.77 bits per heavy atom. The van der Waals surface area contributed by atoms with Crippen molar-refractivity contribution in [2.24, 2.45) is 0 Å². The van der Waals surface area contributed by atoms with Crippen molar-refractivity contribution in [3.8, 4) is 11.5 Å². The van der Waals surface area contributed by atoms with E-state index in [1.165, 1.54) is 0 Å². The molecule has 1 heterocycles.